The molecular weight excluding hydrogens is 246 g/mol. The summed E-state index contributed by atoms with van der Waals surface area (Å²) in [6.07, 6.45) is -1.80. The summed E-state index contributed by atoms with van der Waals surface area (Å²) in [6, 6.07) is 3.22. The van der Waals surface area contributed by atoms with E-state index in [2.05, 4.69) is 4.74 Å². The maximum Gasteiger partial charge on any atom is 0.387 e. The standard InChI is InChI=1S/C9H7ClF2O4/c10-6-3-4(16-9(11)12)1-2-5(6)7(13)8(14)15/h1-3,7,9,13H,(H,14,15). The molecule has 1 rings (SSSR count). The quantitative estimate of drug-likeness (QED) is 0.861. The first-order valence-corrected chi connectivity index (χ1v) is 4.44. The molecule has 0 aliphatic heterocycles. The van der Waals surface area contributed by atoms with Gasteiger partial charge >= 0.3 is 12.6 Å². The number of carboxylic acid groups (broad SMARTS) is 1. The molecule has 1 unspecified atom stereocenters. The summed E-state index contributed by atoms with van der Waals surface area (Å²) < 4.78 is 27.7. The van der Waals surface area contributed by atoms with Gasteiger partial charge in [-0.05, 0) is 12.1 Å². The third kappa shape index (κ3) is 3.04. The number of halogens is 3. The predicted molar refractivity (Wildman–Crippen MR) is 50.7 cm³/mol. The number of aliphatic carboxylic acids is 1. The molecule has 16 heavy (non-hydrogen) atoms. The number of aliphatic hydroxyl groups is 1. The molecule has 1 aromatic rings. The lowest BCUT2D eigenvalue weighted by Gasteiger charge is -2.10. The monoisotopic (exact) mass is 252 g/mol. The van der Waals surface area contributed by atoms with Gasteiger partial charge in [-0.3, -0.25) is 0 Å². The first-order chi connectivity index (χ1) is 7.41. The highest BCUT2D eigenvalue weighted by Gasteiger charge is 2.19. The molecule has 0 aromatic heterocycles. The van der Waals surface area contributed by atoms with Gasteiger partial charge in [0.15, 0.2) is 6.10 Å². The van der Waals surface area contributed by atoms with E-state index >= 15 is 0 Å². The van der Waals surface area contributed by atoms with E-state index in [9.17, 15) is 18.7 Å². The number of carboxylic acids is 1. The van der Waals surface area contributed by atoms with Crippen LogP contribution in [0.2, 0.25) is 5.02 Å². The molecule has 88 valence electrons. The van der Waals surface area contributed by atoms with E-state index in [0.29, 0.717) is 0 Å². The molecule has 1 aromatic carbocycles. The van der Waals surface area contributed by atoms with E-state index in [4.69, 9.17) is 16.7 Å². The Morgan fingerprint density at radius 2 is 2.06 bits per heavy atom. The average molecular weight is 253 g/mol. The number of carbonyl (C=O) groups is 1. The SMILES string of the molecule is O=C(O)C(O)c1ccc(OC(F)F)cc1Cl. The van der Waals surface area contributed by atoms with Crippen LogP contribution in [0.4, 0.5) is 8.78 Å². The summed E-state index contributed by atoms with van der Waals surface area (Å²) in [5.41, 5.74) is -0.0872. The van der Waals surface area contributed by atoms with Crippen molar-refractivity contribution in [2.75, 3.05) is 0 Å². The summed E-state index contributed by atoms with van der Waals surface area (Å²) in [5.74, 6) is -1.69. The highest BCUT2D eigenvalue weighted by atomic mass is 35.5. The topological polar surface area (TPSA) is 66.8 Å². The second kappa shape index (κ2) is 5.09. The van der Waals surface area contributed by atoms with E-state index in [1.54, 1.807) is 0 Å². The third-order valence-corrected chi connectivity index (χ3v) is 2.05. The lowest BCUT2D eigenvalue weighted by molar-refractivity contribution is -0.146. The molecule has 0 amide bonds. The Bertz CT molecular complexity index is 397. The smallest absolute Gasteiger partial charge is 0.387 e. The number of rotatable bonds is 4. The van der Waals surface area contributed by atoms with Crippen molar-refractivity contribution in [3.05, 3.63) is 28.8 Å². The highest BCUT2D eigenvalue weighted by Crippen LogP contribution is 2.28. The Labute approximate surface area is 94.0 Å². The van der Waals surface area contributed by atoms with Crippen molar-refractivity contribution in [1.82, 2.24) is 0 Å². The predicted octanol–water partition coefficient (Wildman–Crippen LogP) is 2.06. The van der Waals surface area contributed by atoms with Gasteiger partial charge in [-0.25, -0.2) is 4.79 Å². The molecule has 4 nitrogen and oxygen atoms in total. The lowest BCUT2D eigenvalue weighted by atomic mass is 10.1. The molecule has 0 aliphatic rings. The second-order valence-corrected chi connectivity index (χ2v) is 3.21. The van der Waals surface area contributed by atoms with Gasteiger partial charge in [-0.15, -0.1) is 0 Å². The number of aliphatic hydroxyl groups excluding tert-OH is 1. The van der Waals surface area contributed by atoms with Crippen LogP contribution < -0.4 is 4.74 Å². The van der Waals surface area contributed by atoms with E-state index in [-0.39, 0.29) is 16.3 Å². The normalized spacial score (nSPS) is 12.6. The molecule has 0 saturated heterocycles. The fourth-order valence-corrected chi connectivity index (χ4v) is 1.31. The van der Waals surface area contributed by atoms with Crippen molar-refractivity contribution in [2.24, 2.45) is 0 Å². The molecule has 0 heterocycles. The minimum atomic E-state index is -2.99. The molecule has 0 spiro atoms. The van der Waals surface area contributed by atoms with Crippen LogP contribution in [-0.2, 0) is 4.79 Å². The number of benzene rings is 1. The van der Waals surface area contributed by atoms with Gasteiger partial charge in [0.2, 0.25) is 0 Å². The second-order valence-electron chi connectivity index (χ2n) is 2.80. The zero-order valence-corrected chi connectivity index (χ0v) is 8.49. The van der Waals surface area contributed by atoms with Gasteiger partial charge in [-0.2, -0.15) is 8.78 Å². The van der Waals surface area contributed by atoms with Crippen LogP contribution in [0, 0.1) is 0 Å². The summed E-state index contributed by atoms with van der Waals surface area (Å²) in [4.78, 5) is 10.5. The number of ether oxygens (including phenoxy) is 1. The molecule has 0 bridgehead atoms. The summed E-state index contributed by atoms with van der Waals surface area (Å²) in [6.45, 7) is -2.99. The highest BCUT2D eigenvalue weighted by molar-refractivity contribution is 6.31. The third-order valence-electron chi connectivity index (χ3n) is 1.73. The van der Waals surface area contributed by atoms with Gasteiger partial charge in [0.25, 0.3) is 0 Å². The van der Waals surface area contributed by atoms with Gasteiger partial charge in [-0.1, -0.05) is 17.7 Å². The Morgan fingerprint density at radius 3 is 2.50 bits per heavy atom. The van der Waals surface area contributed by atoms with Crippen molar-refractivity contribution < 1.29 is 28.5 Å². The molecule has 0 fully saturated rings. The van der Waals surface area contributed by atoms with Crippen molar-refractivity contribution in [2.45, 2.75) is 12.7 Å². The Hall–Kier alpha value is -1.40. The van der Waals surface area contributed by atoms with Crippen LogP contribution in [0.1, 0.15) is 11.7 Å². The minimum Gasteiger partial charge on any atom is -0.479 e. The first kappa shape index (κ1) is 12.7. The molecule has 0 aliphatic carbocycles. The molecule has 1 atom stereocenters. The number of hydrogen-bond donors (Lipinski definition) is 2. The molecule has 0 radical (unpaired) electrons. The minimum absolute atomic E-state index is 0.0872. The maximum atomic E-state index is 11.8. The first-order valence-electron chi connectivity index (χ1n) is 4.07. The zero-order chi connectivity index (χ0) is 12.3. The van der Waals surface area contributed by atoms with Crippen LogP contribution in [0.25, 0.3) is 0 Å². The van der Waals surface area contributed by atoms with Gasteiger partial charge in [0, 0.05) is 5.56 Å². The molecule has 2 N–H and O–H groups in total. The average Bonchev–Trinajstić information content (AvgIpc) is 2.15. The zero-order valence-electron chi connectivity index (χ0n) is 7.73. The largest absolute Gasteiger partial charge is 0.479 e. The van der Waals surface area contributed by atoms with Gasteiger partial charge in [0.05, 0.1) is 5.02 Å². The van der Waals surface area contributed by atoms with Crippen LogP contribution in [-0.4, -0.2) is 22.8 Å². The Balaban J connectivity index is 2.95. The Kier molecular flexibility index (Phi) is 4.03. The fourth-order valence-electron chi connectivity index (χ4n) is 1.04. The van der Waals surface area contributed by atoms with Gasteiger partial charge in [0.1, 0.15) is 5.75 Å². The fraction of sp³-hybridized carbons (Fsp3) is 0.222. The van der Waals surface area contributed by atoms with E-state index in [0.717, 1.165) is 18.2 Å². The van der Waals surface area contributed by atoms with Crippen LogP contribution >= 0.6 is 11.6 Å². The number of alkyl halides is 2. The van der Waals surface area contributed by atoms with Crippen LogP contribution in [0.15, 0.2) is 18.2 Å². The van der Waals surface area contributed by atoms with E-state index < -0.39 is 18.7 Å². The van der Waals surface area contributed by atoms with Crippen molar-refractivity contribution >= 4 is 17.6 Å². The Morgan fingerprint density at radius 1 is 1.44 bits per heavy atom. The molecule has 0 saturated carbocycles. The van der Waals surface area contributed by atoms with Crippen molar-refractivity contribution in [3.8, 4) is 5.75 Å². The van der Waals surface area contributed by atoms with Crippen molar-refractivity contribution in [3.63, 3.8) is 0 Å². The summed E-state index contributed by atoms with van der Waals surface area (Å²) in [7, 11) is 0. The molecule has 7 heteroatoms. The van der Waals surface area contributed by atoms with Crippen LogP contribution in [0.5, 0.6) is 5.75 Å². The van der Waals surface area contributed by atoms with Crippen LogP contribution in [0.3, 0.4) is 0 Å². The number of hydrogen-bond acceptors (Lipinski definition) is 3. The summed E-state index contributed by atoms with van der Waals surface area (Å²) >= 11 is 5.60. The summed E-state index contributed by atoms with van der Waals surface area (Å²) in [5, 5.41) is 17.5. The van der Waals surface area contributed by atoms with Gasteiger partial charge < -0.3 is 14.9 Å². The molecular formula is C9H7ClF2O4. The van der Waals surface area contributed by atoms with Crippen molar-refractivity contribution in [1.29, 1.82) is 0 Å². The van der Waals surface area contributed by atoms with E-state index in [1.807, 2.05) is 0 Å². The lowest BCUT2D eigenvalue weighted by Crippen LogP contribution is -2.11. The van der Waals surface area contributed by atoms with E-state index in [1.165, 1.54) is 0 Å². The maximum absolute atomic E-state index is 11.8.